The third-order valence-electron chi connectivity index (χ3n) is 3.94. The van der Waals surface area contributed by atoms with Crippen molar-refractivity contribution >= 4 is 27.3 Å². The first kappa shape index (κ1) is 19.3. The Morgan fingerprint density at radius 1 is 0.963 bits per heavy atom. The van der Waals surface area contributed by atoms with E-state index in [0.717, 1.165) is 17.4 Å². The molecular formula is C21H19ClNO3S. The van der Waals surface area contributed by atoms with Crippen LogP contribution in [0.3, 0.4) is 0 Å². The van der Waals surface area contributed by atoms with Gasteiger partial charge in [0.1, 0.15) is 18.0 Å². The summed E-state index contributed by atoms with van der Waals surface area (Å²) in [6.07, 6.45) is 1.15. The van der Waals surface area contributed by atoms with Crippen molar-refractivity contribution in [3.63, 3.8) is 0 Å². The number of halogens is 1. The highest BCUT2D eigenvalue weighted by molar-refractivity contribution is 7.92. The second-order valence-electron chi connectivity index (χ2n) is 6.03. The van der Waals surface area contributed by atoms with Crippen LogP contribution in [0.15, 0.2) is 72.8 Å². The van der Waals surface area contributed by atoms with Gasteiger partial charge in [-0.3, -0.25) is 4.31 Å². The fraction of sp³-hybridized carbons (Fsp3) is 0.143. The minimum Gasteiger partial charge on any atom is -0.487 e. The van der Waals surface area contributed by atoms with Crippen molar-refractivity contribution in [1.29, 1.82) is 0 Å². The number of nitrogens with zero attached hydrogens (tertiary/aromatic N) is 1. The molecule has 0 saturated heterocycles. The van der Waals surface area contributed by atoms with Crippen molar-refractivity contribution in [2.75, 3.05) is 10.6 Å². The molecule has 0 unspecified atom stereocenters. The molecule has 0 aliphatic carbocycles. The van der Waals surface area contributed by atoms with Gasteiger partial charge in [-0.2, -0.15) is 0 Å². The molecule has 3 aromatic carbocycles. The van der Waals surface area contributed by atoms with Gasteiger partial charge in [-0.1, -0.05) is 72.3 Å². The van der Waals surface area contributed by atoms with Gasteiger partial charge in [-0.25, -0.2) is 8.42 Å². The van der Waals surface area contributed by atoms with E-state index in [4.69, 9.17) is 16.3 Å². The van der Waals surface area contributed by atoms with E-state index in [0.29, 0.717) is 18.0 Å². The predicted molar refractivity (Wildman–Crippen MR) is 109 cm³/mol. The molecule has 0 N–H and O–H groups in total. The Bertz CT molecular complexity index is 992. The van der Waals surface area contributed by atoms with Crippen molar-refractivity contribution in [3.05, 3.63) is 95.0 Å². The van der Waals surface area contributed by atoms with E-state index < -0.39 is 10.0 Å². The molecule has 4 nitrogen and oxygen atoms in total. The summed E-state index contributed by atoms with van der Waals surface area (Å²) in [7, 11) is -3.60. The van der Waals surface area contributed by atoms with Gasteiger partial charge < -0.3 is 4.74 Å². The number of ether oxygens (including phenoxy) is 1. The Labute approximate surface area is 165 Å². The fourth-order valence-corrected chi connectivity index (χ4v) is 3.85. The number of anilines is 1. The molecule has 27 heavy (non-hydrogen) atoms. The summed E-state index contributed by atoms with van der Waals surface area (Å²) in [6, 6.07) is 25.1. The molecule has 0 aliphatic heterocycles. The van der Waals surface area contributed by atoms with Gasteiger partial charge in [-0.15, -0.1) is 0 Å². The summed E-state index contributed by atoms with van der Waals surface area (Å²) in [5, 5.41) is 0.196. The lowest BCUT2D eigenvalue weighted by Gasteiger charge is -2.25. The zero-order chi connectivity index (χ0) is 19.3. The van der Waals surface area contributed by atoms with Crippen molar-refractivity contribution in [3.8, 4) is 5.75 Å². The van der Waals surface area contributed by atoms with E-state index in [1.165, 1.54) is 4.31 Å². The molecule has 0 atom stereocenters. The maximum atomic E-state index is 12.5. The number of benzene rings is 3. The molecule has 0 saturated carbocycles. The van der Waals surface area contributed by atoms with Crippen LogP contribution in [0, 0.1) is 6.07 Å². The molecule has 139 valence electrons. The van der Waals surface area contributed by atoms with E-state index in [2.05, 4.69) is 6.07 Å². The van der Waals surface area contributed by atoms with Crippen LogP contribution in [0.25, 0.3) is 0 Å². The first-order valence-electron chi connectivity index (χ1n) is 8.33. The molecule has 0 aliphatic rings. The molecule has 6 heteroatoms. The molecule has 3 aromatic rings. The Hall–Kier alpha value is -2.50. The Morgan fingerprint density at radius 3 is 2.15 bits per heavy atom. The van der Waals surface area contributed by atoms with Crippen LogP contribution in [-0.2, 0) is 23.2 Å². The highest BCUT2D eigenvalue weighted by Crippen LogP contribution is 2.38. The molecule has 3 rings (SSSR count). The number of hydrogen-bond donors (Lipinski definition) is 0. The van der Waals surface area contributed by atoms with Crippen molar-refractivity contribution < 1.29 is 13.2 Å². The van der Waals surface area contributed by atoms with E-state index in [-0.39, 0.29) is 11.6 Å². The maximum Gasteiger partial charge on any atom is 0.232 e. The third kappa shape index (κ3) is 5.02. The quantitative estimate of drug-likeness (QED) is 0.578. The van der Waals surface area contributed by atoms with E-state index in [1.54, 1.807) is 12.1 Å². The minimum atomic E-state index is -3.60. The van der Waals surface area contributed by atoms with Gasteiger partial charge >= 0.3 is 0 Å². The SMILES string of the molecule is CS(=O)(=O)N(Cc1ccccc1)c1c(Cl)[c]ccc1OCc1ccccc1. The normalized spacial score (nSPS) is 11.2. The van der Waals surface area contributed by atoms with Crippen LogP contribution in [0.2, 0.25) is 5.02 Å². The Kier molecular flexibility index (Phi) is 6.04. The molecule has 1 radical (unpaired) electrons. The Balaban J connectivity index is 1.96. The number of rotatable bonds is 7. The van der Waals surface area contributed by atoms with Crippen LogP contribution in [0.4, 0.5) is 5.69 Å². The van der Waals surface area contributed by atoms with Crippen LogP contribution < -0.4 is 9.04 Å². The second-order valence-corrected chi connectivity index (χ2v) is 8.32. The molecule has 0 heterocycles. The average molecular weight is 401 g/mol. The first-order valence-corrected chi connectivity index (χ1v) is 10.6. The third-order valence-corrected chi connectivity index (χ3v) is 5.34. The van der Waals surface area contributed by atoms with Crippen LogP contribution in [0.5, 0.6) is 5.75 Å². The lowest BCUT2D eigenvalue weighted by atomic mass is 10.2. The predicted octanol–water partition coefficient (Wildman–Crippen LogP) is 4.69. The molecule has 0 amide bonds. The van der Waals surface area contributed by atoms with E-state index in [9.17, 15) is 8.42 Å². The van der Waals surface area contributed by atoms with Gasteiger partial charge in [0.05, 0.1) is 17.8 Å². The zero-order valence-electron chi connectivity index (χ0n) is 14.8. The molecule has 0 spiro atoms. The summed E-state index contributed by atoms with van der Waals surface area (Å²) in [4.78, 5) is 0. The van der Waals surface area contributed by atoms with Gasteiger partial charge in [0.25, 0.3) is 0 Å². The maximum absolute atomic E-state index is 12.5. The number of sulfonamides is 1. The zero-order valence-corrected chi connectivity index (χ0v) is 16.4. The highest BCUT2D eigenvalue weighted by Gasteiger charge is 2.24. The number of hydrogen-bond acceptors (Lipinski definition) is 3. The standard InChI is InChI=1S/C21H19ClNO3S/c1-27(24,25)23(15-17-9-4-2-5-10-17)21-19(22)13-8-14-20(21)26-16-18-11-6-3-7-12-18/h2-12,14H,15-16H2,1H3. The van der Waals surface area contributed by atoms with Crippen molar-refractivity contribution in [2.45, 2.75) is 13.2 Å². The largest absolute Gasteiger partial charge is 0.487 e. The van der Waals surface area contributed by atoms with Gasteiger partial charge in [0, 0.05) is 6.07 Å². The molecule has 0 aromatic heterocycles. The summed E-state index contributed by atoms with van der Waals surface area (Å²) in [5.74, 6) is 0.393. The highest BCUT2D eigenvalue weighted by atomic mass is 35.5. The van der Waals surface area contributed by atoms with E-state index in [1.807, 2.05) is 60.7 Å². The topological polar surface area (TPSA) is 46.6 Å². The van der Waals surface area contributed by atoms with Crippen LogP contribution in [0.1, 0.15) is 11.1 Å². The summed E-state index contributed by atoms with van der Waals surface area (Å²) in [6.45, 7) is 0.454. The molecule has 0 fully saturated rings. The van der Waals surface area contributed by atoms with Gasteiger partial charge in [0.2, 0.25) is 10.0 Å². The Morgan fingerprint density at radius 2 is 1.56 bits per heavy atom. The summed E-state index contributed by atoms with van der Waals surface area (Å²) < 4.78 is 32.2. The van der Waals surface area contributed by atoms with Gasteiger partial charge in [-0.05, 0) is 23.3 Å². The average Bonchev–Trinajstić information content (AvgIpc) is 2.66. The van der Waals surface area contributed by atoms with Crippen molar-refractivity contribution in [1.82, 2.24) is 0 Å². The van der Waals surface area contributed by atoms with Crippen molar-refractivity contribution in [2.24, 2.45) is 0 Å². The fourth-order valence-electron chi connectivity index (χ4n) is 2.64. The second kappa shape index (κ2) is 8.46. The summed E-state index contributed by atoms with van der Waals surface area (Å²) in [5.41, 5.74) is 2.11. The minimum absolute atomic E-state index is 0.152. The molecular weight excluding hydrogens is 382 g/mol. The lowest BCUT2D eigenvalue weighted by molar-refractivity contribution is 0.307. The lowest BCUT2D eigenvalue weighted by Crippen LogP contribution is -2.30. The summed E-state index contributed by atoms with van der Waals surface area (Å²) >= 11 is 6.34. The molecule has 0 bridgehead atoms. The van der Waals surface area contributed by atoms with E-state index >= 15 is 0 Å². The van der Waals surface area contributed by atoms with Crippen LogP contribution >= 0.6 is 11.6 Å². The van der Waals surface area contributed by atoms with Crippen LogP contribution in [-0.4, -0.2) is 14.7 Å². The van der Waals surface area contributed by atoms with Gasteiger partial charge in [0.15, 0.2) is 0 Å². The first-order chi connectivity index (χ1) is 12.9. The monoisotopic (exact) mass is 400 g/mol. The smallest absolute Gasteiger partial charge is 0.232 e.